The summed E-state index contributed by atoms with van der Waals surface area (Å²) in [5, 5.41) is 4.33. The van der Waals surface area contributed by atoms with E-state index in [-0.39, 0.29) is 36.8 Å². The summed E-state index contributed by atoms with van der Waals surface area (Å²) in [4.78, 5) is 20.1. The number of carbonyl (C=O) groups excluding carboxylic acids is 1. The highest BCUT2D eigenvalue weighted by atomic mass is 35.5. The molecule has 1 fully saturated rings. The zero-order chi connectivity index (χ0) is 15.5. The molecule has 0 unspecified atom stereocenters. The van der Waals surface area contributed by atoms with Gasteiger partial charge >= 0.3 is 0 Å². The molecule has 0 bridgehead atoms. The van der Waals surface area contributed by atoms with E-state index in [2.05, 4.69) is 29.4 Å². The minimum Gasteiger partial charge on any atom is -0.333 e. The molecule has 24 heavy (non-hydrogen) atoms. The number of benzene rings is 1. The summed E-state index contributed by atoms with van der Waals surface area (Å²) in [6, 6.07) is 10.5. The van der Waals surface area contributed by atoms with Gasteiger partial charge in [0.05, 0.1) is 10.7 Å². The molecule has 1 aliphatic rings. The number of nitrogens with zero attached hydrogens (tertiary/aromatic N) is 2. The lowest BCUT2D eigenvalue weighted by molar-refractivity contribution is 0.0660. The molecule has 0 radical (unpaired) electrons. The summed E-state index contributed by atoms with van der Waals surface area (Å²) in [5.41, 5.74) is 2.08. The number of hydrogen-bond acceptors (Lipinski definition) is 4. The van der Waals surface area contributed by atoms with E-state index in [0.717, 1.165) is 41.6 Å². The van der Waals surface area contributed by atoms with Crippen LogP contribution in [0, 0.1) is 6.92 Å². The second-order valence-electron chi connectivity index (χ2n) is 5.74. The zero-order valence-electron chi connectivity index (χ0n) is 13.8. The number of rotatable bonds is 3. The predicted molar refractivity (Wildman–Crippen MR) is 104 cm³/mol. The zero-order valence-corrected chi connectivity index (χ0v) is 16.3. The molecule has 4 nitrogen and oxygen atoms in total. The van der Waals surface area contributed by atoms with Crippen molar-refractivity contribution in [3.05, 3.63) is 51.5 Å². The Balaban J connectivity index is 0.00000144. The van der Waals surface area contributed by atoms with Gasteiger partial charge in [-0.15, -0.1) is 36.2 Å². The van der Waals surface area contributed by atoms with Crippen LogP contribution in [-0.2, 0) is 6.42 Å². The van der Waals surface area contributed by atoms with E-state index in [9.17, 15) is 4.79 Å². The fourth-order valence-corrected chi connectivity index (χ4v) is 3.82. The molecule has 1 aliphatic heterocycles. The number of piperazine rings is 1. The van der Waals surface area contributed by atoms with Crippen LogP contribution < -0.4 is 5.32 Å². The summed E-state index contributed by atoms with van der Waals surface area (Å²) >= 11 is 1.54. The topological polar surface area (TPSA) is 45.2 Å². The van der Waals surface area contributed by atoms with Crippen LogP contribution in [0.3, 0.4) is 0 Å². The molecule has 132 valence electrons. The molecule has 7 heteroatoms. The van der Waals surface area contributed by atoms with Gasteiger partial charge in [0.15, 0.2) is 0 Å². The van der Waals surface area contributed by atoms with Crippen molar-refractivity contribution in [2.75, 3.05) is 19.6 Å². The lowest BCUT2D eigenvalue weighted by Crippen LogP contribution is -2.52. The number of aromatic nitrogens is 1. The van der Waals surface area contributed by atoms with Crippen molar-refractivity contribution in [1.82, 2.24) is 15.2 Å². The van der Waals surface area contributed by atoms with Gasteiger partial charge in [-0.2, -0.15) is 0 Å². The third-order valence-corrected chi connectivity index (χ3v) is 5.14. The number of halogens is 2. The largest absolute Gasteiger partial charge is 0.333 e. The fraction of sp³-hybridized carbons (Fsp3) is 0.412. The summed E-state index contributed by atoms with van der Waals surface area (Å²) in [5.74, 6) is 0.128. The second-order valence-corrected chi connectivity index (χ2v) is 6.82. The van der Waals surface area contributed by atoms with Gasteiger partial charge in [0, 0.05) is 32.1 Å². The molecule has 1 amide bonds. The third-order valence-electron chi connectivity index (χ3n) is 4.00. The average molecular weight is 388 g/mol. The molecule has 2 heterocycles. The van der Waals surface area contributed by atoms with E-state index in [1.165, 1.54) is 16.9 Å². The minimum absolute atomic E-state index is 0. The van der Waals surface area contributed by atoms with Crippen molar-refractivity contribution in [2.45, 2.75) is 26.3 Å². The first-order chi connectivity index (χ1) is 10.6. The summed E-state index contributed by atoms with van der Waals surface area (Å²) in [6.07, 6.45) is 0.788. The lowest BCUT2D eigenvalue weighted by Gasteiger charge is -2.33. The molecule has 3 rings (SSSR count). The Morgan fingerprint density at radius 3 is 2.71 bits per heavy atom. The van der Waals surface area contributed by atoms with Crippen LogP contribution in [-0.4, -0.2) is 41.5 Å². The van der Waals surface area contributed by atoms with Crippen LogP contribution in [0.4, 0.5) is 0 Å². The van der Waals surface area contributed by atoms with Gasteiger partial charge in [0.2, 0.25) is 0 Å². The maximum Gasteiger partial charge on any atom is 0.266 e. The van der Waals surface area contributed by atoms with Crippen molar-refractivity contribution < 1.29 is 4.79 Å². The van der Waals surface area contributed by atoms with Crippen LogP contribution in [0.5, 0.6) is 0 Å². The summed E-state index contributed by atoms with van der Waals surface area (Å²) in [7, 11) is 0. The Labute approximate surface area is 159 Å². The Morgan fingerprint density at radius 2 is 2.04 bits per heavy atom. The van der Waals surface area contributed by atoms with Crippen LogP contribution >= 0.6 is 36.2 Å². The Morgan fingerprint density at radius 1 is 1.33 bits per heavy atom. The highest BCUT2D eigenvalue weighted by Crippen LogP contribution is 2.23. The normalized spacial score (nSPS) is 16.9. The fourth-order valence-electron chi connectivity index (χ4n) is 2.77. The molecule has 1 atom stereocenters. The number of aryl methyl sites for hydroxylation is 1. The number of carbonyl (C=O) groups is 1. The maximum atomic E-state index is 12.8. The molecule has 2 aromatic rings. The van der Waals surface area contributed by atoms with Gasteiger partial charge in [-0.25, -0.2) is 4.98 Å². The van der Waals surface area contributed by atoms with Crippen molar-refractivity contribution in [2.24, 2.45) is 0 Å². The number of thiazole rings is 1. The Kier molecular flexibility index (Phi) is 8.16. The molecule has 1 saturated heterocycles. The summed E-state index contributed by atoms with van der Waals surface area (Å²) < 4.78 is 0. The molecule has 1 N–H and O–H groups in total. The van der Waals surface area contributed by atoms with Crippen LogP contribution in [0.1, 0.15) is 32.9 Å². The third kappa shape index (κ3) is 4.70. The van der Waals surface area contributed by atoms with Crippen molar-refractivity contribution in [1.29, 1.82) is 0 Å². The number of hydrogen-bond donors (Lipinski definition) is 1. The van der Waals surface area contributed by atoms with E-state index in [1.54, 1.807) is 0 Å². The second kappa shape index (κ2) is 9.37. The Hall–Kier alpha value is -1.14. The van der Waals surface area contributed by atoms with Crippen LogP contribution in [0.2, 0.25) is 0 Å². The van der Waals surface area contributed by atoms with Gasteiger partial charge in [-0.3, -0.25) is 4.79 Å². The van der Waals surface area contributed by atoms with E-state index in [1.807, 2.05) is 30.0 Å². The average Bonchev–Trinajstić information content (AvgIpc) is 2.88. The number of amides is 1. The molecule has 0 spiro atoms. The van der Waals surface area contributed by atoms with Crippen molar-refractivity contribution in [3.63, 3.8) is 0 Å². The van der Waals surface area contributed by atoms with E-state index in [4.69, 9.17) is 0 Å². The smallest absolute Gasteiger partial charge is 0.266 e. The first-order valence-corrected chi connectivity index (χ1v) is 8.48. The van der Waals surface area contributed by atoms with Gasteiger partial charge in [0.1, 0.15) is 4.88 Å². The van der Waals surface area contributed by atoms with Gasteiger partial charge < -0.3 is 10.2 Å². The highest BCUT2D eigenvalue weighted by molar-refractivity contribution is 7.13. The van der Waals surface area contributed by atoms with Crippen molar-refractivity contribution in [3.8, 4) is 0 Å². The first kappa shape index (κ1) is 20.9. The van der Waals surface area contributed by atoms with Crippen LogP contribution in [0.25, 0.3) is 0 Å². The number of nitrogens with one attached hydrogen (secondary N) is 1. The van der Waals surface area contributed by atoms with Gasteiger partial charge in [-0.1, -0.05) is 30.3 Å². The molecule has 1 aromatic carbocycles. The quantitative estimate of drug-likeness (QED) is 0.878. The van der Waals surface area contributed by atoms with Gasteiger partial charge in [-0.05, 0) is 19.4 Å². The Bertz CT molecular complexity index is 663. The highest BCUT2D eigenvalue weighted by Gasteiger charge is 2.27. The van der Waals surface area contributed by atoms with Crippen molar-refractivity contribution >= 4 is 42.1 Å². The molecular formula is C17H23Cl2N3OS. The standard InChI is InChI=1S/C17H21N3OS.2ClH/c1-12-11-18-8-9-20(12)17(21)16-13(2)19-15(22-16)10-14-6-4-3-5-7-14;;/h3-7,12,18H,8-11H2,1-2H3;2*1H/t12-;;/m0../s1. The monoisotopic (exact) mass is 387 g/mol. The van der Waals surface area contributed by atoms with E-state index in [0.29, 0.717) is 0 Å². The molecular weight excluding hydrogens is 365 g/mol. The first-order valence-electron chi connectivity index (χ1n) is 7.67. The molecule has 0 aliphatic carbocycles. The van der Waals surface area contributed by atoms with Crippen LogP contribution in [0.15, 0.2) is 30.3 Å². The SMILES string of the molecule is Cc1nc(Cc2ccccc2)sc1C(=O)N1CCNC[C@@H]1C.Cl.Cl. The maximum absolute atomic E-state index is 12.8. The van der Waals surface area contributed by atoms with E-state index < -0.39 is 0 Å². The summed E-state index contributed by atoms with van der Waals surface area (Å²) in [6.45, 7) is 6.52. The predicted octanol–water partition coefficient (Wildman–Crippen LogP) is 3.32. The van der Waals surface area contributed by atoms with Gasteiger partial charge in [0.25, 0.3) is 5.91 Å². The minimum atomic E-state index is 0. The molecule has 0 saturated carbocycles. The lowest BCUT2D eigenvalue weighted by atomic mass is 10.2. The molecule has 1 aromatic heterocycles. The van der Waals surface area contributed by atoms with E-state index >= 15 is 0 Å².